The molecule has 1 unspecified atom stereocenters. The fourth-order valence-corrected chi connectivity index (χ4v) is 2.72. The number of hydrogen-bond acceptors (Lipinski definition) is 4. The summed E-state index contributed by atoms with van der Waals surface area (Å²) in [4.78, 5) is 11.4. The van der Waals surface area contributed by atoms with Crippen LogP contribution in [0.3, 0.4) is 0 Å². The number of benzene rings is 1. The molecule has 2 aliphatic heterocycles. The van der Waals surface area contributed by atoms with Crippen LogP contribution < -0.4 is 19.5 Å². The highest BCUT2D eigenvalue weighted by atomic mass is 16.7. The molecule has 5 heteroatoms. The van der Waals surface area contributed by atoms with E-state index in [1.165, 1.54) is 0 Å². The lowest BCUT2D eigenvalue weighted by Crippen LogP contribution is -2.40. The Morgan fingerprint density at radius 2 is 2.26 bits per heavy atom. The standard InChI is InChI=1S/C14H17NO4/c1-14(4-3-12(16)15-14)7-9-5-10(17-2)13-11(6-9)18-8-19-13/h5-6H,3-4,7-8H2,1-2H3,(H,15,16). The van der Waals surface area contributed by atoms with Gasteiger partial charge in [0.05, 0.1) is 7.11 Å². The average molecular weight is 263 g/mol. The third kappa shape index (κ3) is 2.20. The van der Waals surface area contributed by atoms with Crippen LogP contribution in [0.25, 0.3) is 0 Å². The molecule has 1 fully saturated rings. The Balaban J connectivity index is 1.87. The van der Waals surface area contributed by atoms with E-state index in [2.05, 4.69) is 12.2 Å². The maximum absolute atomic E-state index is 11.4. The van der Waals surface area contributed by atoms with Gasteiger partial charge in [0.25, 0.3) is 0 Å². The predicted octanol–water partition coefficient (Wildman–Crippen LogP) is 1.64. The van der Waals surface area contributed by atoms with Gasteiger partial charge in [0.1, 0.15) is 0 Å². The third-order valence-electron chi connectivity index (χ3n) is 3.66. The maximum atomic E-state index is 11.4. The number of fused-ring (bicyclic) bond motifs is 1. The molecule has 0 aromatic heterocycles. The van der Waals surface area contributed by atoms with E-state index >= 15 is 0 Å². The molecule has 0 aliphatic carbocycles. The largest absolute Gasteiger partial charge is 0.493 e. The van der Waals surface area contributed by atoms with E-state index in [9.17, 15) is 4.79 Å². The van der Waals surface area contributed by atoms with Gasteiger partial charge in [0.15, 0.2) is 11.5 Å². The number of rotatable bonds is 3. The maximum Gasteiger partial charge on any atom is 0.231 e. The van der Waals surface area contributed by atoms with Crippen LogP contribution in [0.5, 0.6) is 17.2 Å². The molecule has 2 aliphatic rings. The van der Waals surface area contributed by atoms with E-state index in [0.29, 0.717) is 23.7 Å². The summed E-state index contributed by atoms with van der Waals surface area (Å²) >= 11 is 0. The molecular formula is C14H17NO4. The molecule has 102 valence electrons. The molecule has 1 amide bonds. The van der Waals surface area contributed by atoms with Crippen LogP contribution >= 0.6 is 0 Å². The van der Waals surface area contributed by atoms with Gasteiger partial charge in [-0.05, 0) is 37.5 Å². The fraction of sp³-hybridized carbons (Fsp3) is 0.500. The lowest BCUT2D eigenvalue weighted by molar-refractivity contribution is -0.119. The zero-order chi connectivity index (χ0) is 13.5. The van der Waals surface area contributed by atoms with E-state index in [4.69, 9.17) is 14.2 Å². The Bertz CT molecular complexity index is 528. The summed E-state index contributed by atoms with van der Waals surface area (Å²) in [7, 11) is 1.61. The quantitative estimate of drug-likeness (QED) is 0.900. The molecule has 1 N–H and O–H groups in total. The van der Waals surface area contributed by atoms with Crippen molar-refractivity contribution in [2.24, 2.45) is 0 Å². The first-order chi connectivity index (χ1) is 9.09. The molecule has 5 nitrogen and oxygen atoms in total. The zero-order valence-corrected chi connectivity index (χ0v) is 11.1. The van der Waals surface area contributed by atoms with Gasteiger partial charge in [-0.3, -0.25) is 4.79 Å². The Hall–Kier alpha value is -1.91. The summed E-state index contributed by atoms with van der Waals surface area (Å²) in [5, 5.41) is 3.03. The first-order valence-electron chi connectivity index (χ1n) is 6.37. The van der Waals surface area contributed by atoms with E-state index in [1.54, 1.807) is 7.11 Å². The number of hydrogen-bond donors (Lipinski definition) is 1. The van der Waals surface area contributed by atoms with Gasteiger partial charge >= 0.3 is 0 Å². The van der Waals surface area contributed by atoms with Gasteiger partial charge in [-0.2, -0.15) is 0 Å². The van der Waals surface area contributed by atoms with Crippen molar-refractivity contribution < 1.29 is 19.0 Å². The minimum Gasteiger partial charge on any atom is -0.493 e. The highest BCUT2D eigenvalue weighted by Gasteiger charge is 2.33. The topological polar surface area (TPSA) is 56.8 Å². The SMILES string of the molecule is COc1cc(CC2(C)CCC(=O)N2)cc2c1OCO2. The van der Waals surface area contributed by atoms with Gasteiger partial charge in [0.2, 0.25) is 18.4 Å². The fourth-order valence-electron chi connectivity index (χ4n) is 2.72. The molecular weight excluding hydrogens is 246 g/mol. The first kappa shape index (κ1) is 12.1. The van der Waals surface area contributed by atoms with Crippen molar-refractivity contribution in [1.82, 2.24) is 5.32 Å². The lowest BCUT2D eigenvalue weighted by atomic mass is 9.91. The van der Waals surface area contributed by atoms with Crippen molar-refractivity contribution in [3.05, 3.63) is 17.7 Å². The van der Waals surface area contributed by atoms with Crippen molar-refractivity contribution in [2.75, 3.05) is 13.9 Å². The number of nitrogens with one attached hydrogen (secondary N) is 1. The molecule has 0 radical (unpaired) electrons. The molecule has 1 saturated heterocycles. The summed E-state index contributed by atoms with van der Waals surface area (Å²) < 4.78 is 16.1. The summed E-state index contributed by atoms with van der Waals surface area (Å²) in [6.45, 7) is 2.29. The minimum atomic E-state index is -0.185. The first-order valence-corrected chi connectivity index (χ1v) is 6.37. The molecule has 1 aromatic rings. The Morgan fingerprint density at radius 3 is 2.95 bits per heavy atom. The van der Waals surface area contributed by atoms with Crippen LogP contribution in [0.1, 0.15) is 25.3 Å². The van der Waals surface area contributed by atoms with E-state index in [0.717, 1.165) is 18.4 Å². The van der Waals surface area contributed by atoms with E-state index in [1.807, 2.05) is 12.1 Å². The molecule has 0 bridgehead atoms. The average Bonchev–Trinajstić information content (AvgIpc) is 2.95. The number of amides is 1. The highest BCUT2D eigenvalue weighted by Crippen LogP contribution is 2.42. The van der Waals surface area contributed by atoms with Crippen LogP contribution in [0.4, 0.5) is 0 Å². The predicted molar refractivity (Wildman–Crippen MR) is 68.6 cm³/mol. The third-order valence-corrected chi connectivity index (χ3v) is 3.66. The Labute approximate surface area is 111 Å². The molecule has 19 heavy (non-hydrogen) atoms. The Kier molecular flexibility index (Phi) is 2.77. The summed E-state index contributed by atoms with van der Waals surface area (Å²) in [6, 6.07) is 3.91. The van der Waals surface area contributed by atoms with Gasteiger partial charge in [0, 0.05) is 12.0 Å². The van der Waals surface area contributed by atoms with Crippen LogP contribution in [-0.4, -0.2) is 25.3 Å². The van der Waals surface area contributed by atoms with Gasteiger partial charge in [-0.1, -0.05) is 0 Å². The molecule has 3 rings (SSSR count). The van der Waals surface area contributed by atoms with Gasteiger partial charge in [-0.25, -0.2) is 0 Å². The second kappa shape index (κ2) is 4.33. The van der Waals surface area contributed by atoms with Crippen molar-refractivity contribution in [1.29, 1.82) is 0 Å². The van der Waals surface area contributed by atoms with Crippen LogP contribution in [0.2, 0.25) is 0 Å². The second-order valence-corrected chi connectivity index (χ2v) is 5.32. The molecule has 1 atom stereocenters. The van der Waals surface area contributed by atoms with E-state index < -0.39 is 0 Å². The second-order valence-electron chi connectivity index (χ2n) is 5.32. The summed E-state index contributed by atoms with van der Waals surface area (Å²) in [5.74, 6) is 2.17. The number of carbonyl (C=O) groups is 1. The number of carbonyl (C=O) groups excluding carboxylic acids is 1. The molecule has 0 saturated carbocycles. The monoisotopic (exact) mass is 263 g/mol. The number of ether oxygens (including phenoxy) is 3. The van der Waals surface area contributed by atoms with Crippen LogP contribution in [-0.2, 0) is 11.2 Å². The summed E-state index contributed by atoms with van der Waals surface area (Å²) in [6.07, 6.45) is 2.20. The molecule has 2 heterocycles. The van der Waals surface area contributed by atoms with E-state index in [-0.39, 0.29) is 18.2 Å². The van der Waals surface area contributed by atoms with Crippen LogP contribution in [0, 0.1) is 0 Å². The van der Waals surface area contributed by atoms with Gasteiger partial charge < -0.3 is 19.5 Å². The van der Waals surface area contributed by atoms with Crippen molar-refractivity contribution in [2.45, 2.75) is 31.7 Å². The lowest BCUT2D eigenvalue weighted by Gasteiger charge is -2.24. The molecule has 1 aromatic carbocycles. The Morgan fingerprint density at radius 1 is 1.42 bits per heavy atom. The summed E-state index contributed by atoms with van der Waals surface area (Å²) in [5.41, 5.74) is 0.890. The highest BCUT2D eigenvalue weighted by molar-refractivity contribution is 5.79. The molecule has 0 spiro atoms. The minimum absolute atomic E-state index is 0.121. The normalized spacial score (nSPS) is 24.4. The van der Waals surface area contributed by atoms with Gasteiger partial charge in [-0.15, -0.1) is 0 Å². The van der Waals surface area contributed by atoms with Crippen molar-refractivity contribution >= 4 is 5.91 Å². The zero-order valence-electron chi connectivity index (χ0n) is 11.1. The van der Waals surface area contributed by atoms with Crippen LogP contribution in [0.15, 0.2) is 12.1 Å². The smallest absolute Gasteiger partial charge is 0.231 e. The van der Waals surface area contributed by atoms with Crippen molar-refractivity contribution in [3.8, 4) is 17.2 Å². The number of methoxy groups -OCH3 is 1. The van der Waals surface area contributed by atoms with Crippen molar-refractivity contribution in [3.63, 3.8) is 0 Å².